The van der Waals surface area contributed by atoms with Crippen molar-refractivity contribution in [3.8, 4) is 5.75 Å². The van der Waals surface area contributed by atoms with Crippen LogP contribution in [-0.4, -0.2) is 21.0 Å². The van der Waals surface area contributed by atoms with Crippen LogP contribution in [0.15, 0.2) is 28.8 Å². The second-order valence-corrected chi connectivity index (χ2v) is 6.47. The van der Waals surface area contributed by atoms with E-state index in [1.807, 2.05) is 12.1 Å². The SMILES string of the molecule is CC(C)CSCc1noc(C(N)Cc2ccc(O)cc2)n1. The van der Waals surface area contributed by atoms with Gasteiger partial charge in [0.15, 0.2) is 5.82 Å². The molecule has 1 unspecified atom stereocenters. The van der Waals surface area contributed by atoms with E-state index in [9.17, 15) is 5.11 Å². The molecule has 1 aromatic heterocycles. The van der Waals surface area contributed by atoms with Crippen LogP contribution in [0.4, 0.5) is 0 Å². The predicted molar refractivity (Wildman–Crippen MR) is 84.0 cm³/mol. The molecular formula is C15H21N3O2S. The van der Waals surface area contributed by atoms with Gasteiger partial charge >= 0.3 is 0 Å². The molecule has 0 amide bonds. The maximum absolute atomic E-state index is 9.26. The molecule has 1 aromatic carbocycles. The number of rotatable bonds is 7. The van der Waals surface area contributed by atoms with Crippen molar-refractivity contribution in [1.29, 1.82) is 0 Å². The van der Waals surface area contributed by atoms with Crippen LogP contribution < -0.4 is 5.73 Å². The molecule has 5 nitrogen and oxygen atoms in total. The molecule has 0 saturated carbocycles. The third-order valence-corrected chi connectivity index (χ3v) is 4.24. The van der Waals surface area contributed by atoms with Gasteiger partial charge in [-0.1, -0.05) is 31.1 Å². The van der Waals surface area contributed by atoms with Crippen LogP contribution in [0.1, 0.15) is 37.2 Å². The first-order chi connectivity index (χ1) is 10.0. The Balaban J connectivity index is 1.89. The molecule has 6 heteroatoms. The normalized spacial score (nSPS) is 12.8. The summed E-state index contributed by atoms with van der Waals surface area (Å²) in [7, 11) is 0. The molecule has 1 atom stereocenters. The summed E-state index contributed by atoms with van der Waals surface area (Å²) in [6.07, 6.45) is 0.598. The lowest BCUT2D eigenvalue weighted by Gasteiger charge is -2.06. The van der Waals surface area contributed by atoms with Crippen molar-refractivity contribution in [2.75, 3.05) is 5.75 Å². The summed E-state index contributed by atoms with van der Waals surface area (Å²) in [5.41, 5.74) is 7.11. The number of phenolic OH excluding ortho intramolecular Hbond substituents is 1. The van der Waals surface area contributed by atoms with Crippen molar-refractivity contribution in [3.05, 3.63) is 41.5 Å². The predicted octanol–water partition coefficient (Wildman–Crippen LogP) is 2.91. The number of hydrogen-bond acceptors (Lipinski definition) is 6. The smallest absolute Gasteiger partial charge is 0.243 e. The third-order valence-electron chi connectivity index (χ3n) is 2.88. The first kappa shape index (κ1) is 15.9. The Morgan fingerprint density at radius 2 is 2.00 bits per heavy atom. The summed E-state index contributed by atoms with van der Waals surface area (Å²) < 4.78 is 5.23. The zero-order valence-electron chi connectivity index (χ0n) is 12.3. The number of aromatic hydroxyl groups is 1. The van der Waals surface area contributed by atoms with Gasteiger partial charge in [-0.3, -0.25) is 0 Å². The molecule has 114 valence electrons. The van der Waals surface area contributed by atoms with E-state index in [2.05, 4.69) is 24.0 Å². The van der Waals surface area contributed by atoms with Gasteiger partial charge in [-0.05, 0) is 35.8 Å². The molecule has 0 spiro atoms. The van der Waals surface area contributed by atoms with E-state index in [0.717, 1.165) is 17.1 Å². The fourth-order valence-electron chi connectivity index (χ4n) is 1.84. The van der Waals surface area contributed by atoms with Gasteiger partial charge in [0.1, 0.15) is 5.75 Å². The minimum Gasteiger partial charge on any atom is -0.508 e. The van der Waals surface area contributed by atoms with Gasteiger partial charge in [0.05, 0.1) is 11.8 Å². The van der Waals surface area contributed by atoms with Crippen LogP contribution in [0.2, 0.25) is 0 Å². The molecule has 2 aromatic rings. The van der Waals surface area contributed by atoms with Crippen molar-refractivity contribution < 1.29 is 9.63 Å². The quantitative estimate of drug-likeness (QED) is 0.818. The number of nitrogens with zero attached hydrogens (tertiary/aromatic N) is 2. The Hall–Kier alpha value is -1.53. The highest BCUT2D eigenvalue weighted by molar-refractivity contribution is 7.98. The van der Waals surface area contributed by atoms with Crippen LogP contribution in [0.25, 0.3) is 0 Å². The van der Waals surface area contributed by atoms with Gasteiger partial charge in [-0.15, -0.1) is 0 Å². The van der Waals surface area contributed by atoms with Crippen LogP contribution >= 0.6 is 11.8 Å². The lowest BCUT2D eigenvalue weighted by molar-refractivity contribution is 0.351. The summed E-state index contributed by atoms with van der Waals surface area (Å²) in [4.78, 5) is 4.35. The van der Waals surface area contributed by atoms with Crippen LogP contribution in [0.3, 0.4) is 0 Å². The van der Waals surface area contributed by atoms with Gasteiger partial charge in [-0.25, -0.2) is 0 Å². The standard InChI is InChI=1S/C15H21N3O2S/c1-10(2)8-21-9-14-17-15(20-18-14)13(16)7-11-3-5-12(19)6-4-11/h3-6,10,13,19H,7-9,16H2,1-2H3. The van der Waals surface area contributed by atoms with Crippen LogP contribution in [0, 0.1) is 5.92 Å². The third kappa shape index (κ3) is 5.06. The monoisotopic (exact) mass is 307 g/mol. The van der Waals surface area contributed by atoms with Crippen LogP contribution in [-0.2, 0) is 12.2 Å². The zero-order chi connectivity index (χ0) is 15.2. The maximum Gasteiger partial charge on any atom is 0.243 e. The minimum atomic E-state index is -0.328. The van der Waals surface area contributed by atoms with E-state index in [1.165, 1.54) is 0 Å². The van der Waals surface area contributed by atoms with E-state index < -0.39 is 0 Å². The summed E-state index contributed by atoms with van der Waals surface area (Å²) in [5, 5.41) is 13.2. The average molecular weight is 307 g/mol. The van der Waals surface area contributed by atoms with Gasteiger partial charge in [-0.2, -0.15) is 16.7 Å². The fraction of sp³-hybridized carbons (Fsp3) is 0.467. The van der Waals surface area contributed by atoms with E-state index in [-0.39, 0.29) is 11.8 Å². The van der Waals surface area contributed by atoms with Crippen molar-refractivity contribution >= 4 is 11.8 Å². The summed E-state index contributed by atoms with van der Waals surface area (Å²) in [6.45, 7) is 4.37. The second-order valence-electron chi connectivity index (χ2n) is 5.43. The molecule has 0 aliphatic carbocycles. The highest BCUT2D eigenvalue weighted by atomic mass is 32.2. The summed E-state index contributed by atoms with van der Waals surface area (Å²) >= 11 is 1.79. The topological polar surface area (TPSA) is 85.2 Å². The zero-order valence-corrected chi connectivity index (χ0v) is 13.1. The minimum absolute atomic E-state index is 0.245. The van der Waals surface area contributed by atoms with E-state index in [4.69, 9.17) is 10.3 Å². The Morgan fingerprint density at radius 1 is 1.29 bits per heavy atom. The number of benzene rings is 1. The van der Waals surface area contributed by atoms with Gasteiger partial charge in [0, 0.05) is 0 Å². The first-order valence-corrected chi connectivity index (χ1v) is 8.13. The highest BCUT2D eigenvalue weighted by Gasteiger charge is 2.15. The summed E-state index contributed by atoms with van der Waals surface area (Å²) in [6, 6.07) is 6.63. The van der Waals surface area contributed by atoms with Crippen molar-refractivity contribution in [3.63, 3.8) is 0 Å². The number of nitrogens with two attached hydrogens (primary N) is 1. The molecule has 2 rings (SSSR count). The molecular weight excluding hydrogens is 286 g/mol. The molecule has 0 bridgehead atoms. The Bertz CT molecular complexity index is 554. The Labute approximate surface area is 128 Å². The molecule has 0 aliphatic rings. The second kappa shape index (κ2) is 7.47. The fourth-order valence-corrected chi connectivity index (χ4v) is 2.72. The van der Waals surface area contributed by atoms with E-state index in [0.29, 0.717) is 24.1 Å². The number of thioether (sulfide) groups is 1. The van der Waals surface area contributed by atoms with Crippen molar-refractivity contribution in [1.82, 2.24) is 10.1 Å². The lowest BCUT2D eigenvalue weighted by Crippen LogP contribution is -2.13. The molecule has 0 saturated heterocycles. The molecule has 21 heavy (non-hydrogen) atoms. The number of aromatic nitrogens is 2. The molecule has 0 radical (unpaired) electrons. The molecule has 0 aliphatic heterocycles. The summed E-state index contributed by atoms with van der Waals surface area (Å²) in [5.74, 6) is 3.87. The first-order valence-electron chi connectivity index (χ1n) is 6.98. The maximum atomic E-state index is 9.26. The molecule has 1 heterocycles. The van der Waals surface area contributed by atoms with Crippen molar-refractivity contribution in [2.45, 2.75) is 32.1 Å². The molecule has 3 N–H and O–H groups in total. The van der Waals surface area contributed by atoms with Gasteiger partial charge in [0.25, 0.3) is 0 Å². The number of hydrogen-bond donors (Lipinski definition) is 2. The number of phenols is 1. The van der Waals surface area contributed by atoms with E-state index in [1.54, 1.807) is 23.9 Å². The molecule has 0 fully saturated rings. The Morgan fingerprint density at radius 3 is 2.67 bits per heavy atom. The van der Waals surface area contributed by atoms with Gasteiger partial charge < -0.3 is 15.4 Å². The Kier molecular flexibility index (Phi) is 5.64. The van der Waals surface area contributed by atoms with Gasteiger partial charge in [0.2, 0.25) is 5.89 Å². The van der Waals surface area contributed by atoms with E-state index >= 15 is 0 Å². The highest BCUT2D eigenvalue weighted by Crippen LogP contribution is 2.18. The lowest BCUT2D eigenvalue weighted by atomic mass is 10.1. The van der Waals surface area contributed by atoms with Crippen molar-refractivity contribution in [2.24, 2.45) is 11.7 Å². The largest absolute Gasteiger partial charge is 0.508 e. The van der Waals surface area contributed by atoms with Crippen LogP contribution in [0.5, 0.6) is 5.75 Å². The average Bonchev–Trinajstić information content (AvgIpc) is 2.90.